The average Bonchev–Trinajstić information content (AvgIpc) is 2.11. The summed E-state index contributed by atoms with van der Waals surface area (Å²) in [5.74, 6) is -2.03. The Morgan fingerprint density at radius 3 is 2.43 bits per heavy atom. The molecule has 1 aromatic rings. The van der Waals surface area contributed by atoms with Crippen LogP contribution >= 0.6 is 0 Å². The van der Waals surface area contributed by atoms with E-state index in [1.54, 1.807) is 0 Å². The van der Waals surface area contributed by atoms with Crippen molar-refractivity contribution in [3.63, 3.8) is 0 Å². The van der Waals surface area contributed by atoms with Gasteiger partial charge < -0.3 is 5.73 Å². The van der Waals surface area contributed by atoms with E-state index in [-0.39, 0.29) is 11.3 Å². The number of halogens is 2. The van der Waals surface area contributed by atoms with Crippen molar-refractivity contribution in [2.75, 3.05) is 5.73 Å². The largest absolute Gasteiger partial charge is 0.399 e. The molecule has 0 bridgehead atoms. The Morgan fingerprint density at radius 2 is 1.93 bits per heavy atom. The molecule has 1 rings (SSSR count). The number of anilines is 1. The first-order valence-electron chi connectivity index (χ1n) is 4.04. The van der Waals surface area contributed by atoms with Crippen LogP contribution in [0.2, 0.25) is 0 Å². The monoisotopic (exact) mass is 196 g/mol. The van der Waals surface area contributed by atoms with E-state index in [1.807, 2.05) is 6.07 Å². The SMILES string of the molecule is CC(C)(C#N)c1cc(N)cc(F)c1F. The molecule has 2 N–H and O–H groups in total. The minimum Gasteiger partial charge on any atom is -0.399 e. The van der Waals surface area contributed by atoms with Crippen LogP contribution in [-0.4, -0.2) is 0 Å². The Hall–Kier alpha value is -1.63. The first-order chi connectivity index (χ1) is 6.38. The lowest BCUT2D eigenvalue weighted by molar-refractivity contribution is 0.482. The summed E-state index contributed by atoms with van der Waals surface area (Å²) < 4.78 is 26.2. The van der Waals surface area contributed by atoms with Crippen molar-refractivity contribution < 1.29 is 8.78 Å². The van der Waals surface area contributed by atoms with Crippen molar-refractivity contribution >= 4 is 5.69 Å². The summed E-state index contributed by atoms with van der Waals surface area (Å²) in [4.78, 5) is 0. The maximum atomic E-state index is 13.3. The fraction of sp³-hybridized carbons (Fsp3) is 0.300. The van der Waals surface area contributed by atoms with Gasteiger partial charge in [-0.25, -0.2) is 8.78 Å². The molecule has 14 heavy (non-hydrogen) atoms. The first kappa shape index (κ1) is 10.5. The van der Waals surface area contributed by atoms with Crippen LogP contribution in [0.15, 0.2) is 12.1 Å². The molecule has 0 heterocycles. The van der Waals surface area contributed by atoms with Gasteiger partial charge in [0.1, 0.15) is 0 Å². The van der Waals surface area contributed by atoms with Crippen molar-refractivity contribution in [2.45, 2.75) is 19.3 Å². The number of benzene rings is 1. The van der Waals surface area contributed by atoms with Crippen LogP contribution in [0.3, 0.4) is 0 Å². The molecule has 0 unspecified atom stereocenters. The molecule has 0 aromatic heterocycles. The standard InChI is InChI=1S/C10H10F2N2/c1-10(2,5-13)7-3-6(14)4-8(11)9(7)12/h3-4H,14H2,1-2H3. The average molecular weight is 196 g/mol. The molecule has 4 heteroatoms. The molecule has 0 saturated carbocycles. The van der Waals surface area contributed by atoms with Gasteiger partial charge in [0.25, 0.3) is 0 Å². The molecule has 0 spiro atoms. The molecule has 0 fully saturated rings. The van der Waals surface area contributed by atoms with Gasteiger partial charge in [0.2, 0.25) is 0 Å². The predicted octanol–water partition coefficient (Wildman–Crippen LogP) is 2.35. The molecule has 0 aliphatic carbocycles. The summed E-state index contributed by atoms with van der Waals surface area (Å²) in [6.45, 7) is 3.01. The van der Waals surface area contributed by atoms with Gasteiger partial charge in [-0.15, -0.1) is 0 Å². The number of nitrogen functional groups attached to an aromatic ring is 1. The highest BCUT2D eigenvalue weighted by molar-refractivity contribution is 5.46. The first-order valence-corrected chi connectivity index (χ1v) is 4.04. The smallest absolute Gasteiger partial charge is 0.163 e. The summed E-state index contributed by atoms with van der Waals surface area (Å²) in [5.41, 5.74) is 4.38. The predicted molar refractivity (Wildman–Crippen MR) is 49.4 cm³/mol. The number of nitrogens with two attached hydrogens (primary N) is 1. The molecule has 1 aromatic carbocycles. The lowest BCUT2D eigenvalue weighted by atomic mass is 9.85. The lowest BCUT2D eigenvalue weighted by Crippen LogP contribution is -2.17. The van der Waals surface area contributed by atoms with E-state index in [2.05, 4.69) is 0 Å². The summed E-state index contributed by atoms with van der Waals surface area (Å²) >= 11 is 0. The fourth-order valence-corrected chi connectivity index (χ4v) is 1.13. The quantitative estimate of drug-likeness (QED) is 0.701. The van der Waals surface area contributed by atoms with Crippen LogP contribution in [0.4, 0.5) is 14.5 Å². The van der Waals surface area contributed by atoms with Gasteiger partial charge in [0.05, 0.1) is 11.5 Å². The second-order valence-corrected chi connectivity index (χ2v) is 3.60. The van der Waals surface area contributed by atoms with Crippen LogP contribution in [0.1, 0.15) is 19.4 Å². The topological polar surface area (TPSA) is 49.8 Å². The normalized spacial score (nSPS) is 11.1. The molecule has 0 radical (unpaired) electrons. The summed E-state index contributed by atoms with van der Waals surface area (Å²) in [6.07, 6.45) is 0. The molecule has 0 atom stereocenters. The third-order valence-electron chi connectivity index (χ3n) is 2.00. The lowest BCUT2D eigenvalue weighted by Gasteiger charge is -2.17. The zero-order chi connectivity index (χ0) is 10.9. The van der Waals surface area contributed by atoms with Crippen LogP contribution < -0.4 is 5.73 Å². The number of hydrogen-bond acceptors (Lipinski definition) is 2. The number of nitrogens with zero attached hydrogens (tertiary/aromatic N) is 1. The molecule has 0 saturated heterocycles. The molecular weight excluding hydrogens is 186 g/mol. The van der Waals surface area contributed by atoms with E-state index in [4.69, 9.17) is 11.0 Å². The molecule has 0 amide bonds. The highest BCUT2D eigenvalue weighted by Gasteiger charge is 2.26. The maximum absolute atomic E-state index is 13.3. The van der Waals surface area contributed by atoms with E-state index in [9.17, 15) is 8.78 Å². The van der Waals surface area contributed by atoms with Crippen molar-refractivity contribution in [2.24, 2.45) is 0 Å². The summed E-state index contributed by atoms with van der Waals surface area (Å²) in [7, 11) is 0. The van der Waals surface area contributed by atoms with Crippen molar-refractivity contribution in [1.82, 2.24) is 0 Å². The Labute approximate surface area is 81.0 Å². The Kier molecular flexibility index (Phi) is 2.43. The van der Waals surface area contributed by atoms with Gasteiger partial charge in [-0.1, -0.05) is 0 Å². The van der Waals surface area contributed by atoms with Crippen LogP contribution in [0.5, 0.6) is 0 Å². The maximum Gasteiger partial charge on any atom is 0.163 e. The highest BCUT2D eigenvalue weighted by Crippen LogP contribution is 2.28. The van der Waals surface area contributed by atoms with Crippen LogP contribution in [0, 0.1) is 23.0 Å². The van der Waals surface area contributed by atoms with E-state index in [1.165, 1.54) is 19.9 Å². The van der Waals surface area contributed by atoms with Gasteiger partial charge in [0, 0.05) is 11.3 Å². The van der Waals surface area contributed by atoms with Gasteiger partial charge >= 0.3 is 0 Å². The van der Waals surface area contributed by atoms with E-state index < -0.39 is 17.0 Å². The third-order valence-corrected chi connectivity index (χ3v) is 2.00. The molecule has 74 valence electrons. The minimum absolute atomic E-state index is 0.0162. The Balaban J connectivity index is 3.44. The van der Waals surface area contributed by atoms with Gasteiger partial charge in [0.15, 0.2) is 11.6 Å². The molecule has 0 aliphatic rings. The van der Waals surface area contributed by atoms with Crippen molar-refractivity contribution in [3.05, 3.63) is 29.3 Å². The minimum atomic E-state index is -1.08. The van der Waals surface area contributed by atoms with E-state index >= 15 is 0 Å². The summed E-state index contributed by atoms with van der Waals surface area (Å²) in [5, 5.41) is 8.77. The van der Waals surface area contributed by atoms with Crippen LogP contribution in [0.25, 0.3) is 0 Å². The Morgan fingerprint density at radius 1 is 1.36 bits per heavy atom. The number of nitriles is 1. The van der Waals surface area contributed by atoms with Crippen molar-refractivity contribution in [1.29, 1.82) is 5.26 Å². The van der Waals surface area contributed by atoms with Crippen LogP contribution in [-0.2, 0) is 5.41 Å². The molecule has 2 nitrogen and oxygen atoms in total. The molecule has 0 aliphatic heterocycles. The highest BCUT2D eigenvalue weighted by atomic mass is 19.2. The molecular formula is C10H10F2N2. The third kappa shape index (κ3) is 1.67. The van der Waals surface area contributed by atoms with Crippen molar-refractivity contribution in [3.8, 4) is 6.07 Å². The zero-order valence-corrected chi connectivity index (χ0v) is 7.94. The zero-order valence-electron chi connectivity index (χ0n) is 7.94. The van der Waals surface area contributed by atoms with Gasteiger partial charge in [-0.05, 0) is 26.0 Å². The Bertz CT molecular complexity index is 405. The van der Waals surface area contributed by atoms with Gasteiger partial charge in [-0.2, -0.15) is 5.26 Å². The second-order valence-electron chi connectivity index (χ2n) is 3.60. The fourth-order valence-electron chi connectivity index (χ4n) is 1.13. The number of hydrogen-bond donors (Lipinski definition) is 1. The number of rotatable bonds is 1. The van der Waals surface area contributed by atoms with Gasteiger partial charge in [-0.3, -0.25) is 0 Å². The second kappa shape index (κ2) is 3.26. The summed E-state index contributed by atoms with van der Waals surface area (Å²) in [6, 6.07) is 4.07. The van der Waals surface area contributed by atoms with E-state index in [0.29, 0.717) is 0 Å². The van der Waals surface area contributed by atoms with E-state index in [0.717, 1.165) is 6.07 Å².